The van der Waals surface area contributed by atoms with Gasteiger partial charge in [0.2, 0.25) is 11.8 Å². The molecule has 1 heterocycles. The summed E-state index contributed by atoms with van der Waals surface area (Å²) in [6, 6.07) is 12.9. The Morgan fingerprint density at radius 3 is 2.47 bits per heavy atom. The van der Waals surface area contributed by atoms with Gasteiger partial charge in [-0.2, -0.15) is 0 Å². The number of carbonyl (C=O) groups is 2. The van der Waals surface area contributed by atoms with Crippen molar-refractivity contribution in [1.82, 2.24) is 14.8 Å². The summed E-state index contributed by atoms with van der Waals surface area (Å²) in [5.74, 6) is 1.30. The van der Waals surface area contributed by atoms with Crippen LogP contribution in [-0.2, 0) is 9.59 Å². The summed E-state index contributed by atoms with van der Waals surface area (Å²) < 4.78 is 7.08. The number of methoxy groups -OCH3 is 1. The molecule has 0 atom stereocenters. The first-order valence-corrected chi connectivity index (χ1v) is 10.2. The lowest BCUT2D eigenvalue weighted by molar-refractivity contribution is -0.114. The van der Waals surface area contributed by atoms with Crippen LogP contribution in [0.1, 0.15) is 18.3 Å². The van der Waals surface area contributed by atoms with Gasteiger partial charge in [0.25, 0.3) is 0 Å². The smallest absolute Gasteiger partial charge is 0.234 e. The van der Waals surface area contributed by atoms with Crippen molar-refractivity contribution >= 4 is 35.0 Å². The molecule has 1 aromatic heterocycles. The third kappa shape index (κ3) is 5.18. The molecule has 0 spiro atoms. The Morgan fingerprint density at radius 1 is 1.07 bits per heavy atom. The molecule has 2 aromatic carbocycles. The number of nitrogens with one attached hydrogen (secondary N) is 2. The van der Waals surface area contributed by atoms with Crippen molar-refractivity contribution in [2.45, 2.75) is 25.9 Å². The number of benzene rings is 2. The Kier molecular flexibility index (Phi) is 6.73. The minimum Gasteiger partial charge on any atom is -0.497 e. The number of ether oxygens (including phenoxy) is 1. The molecule has 0 radical (unpaired) electrons. The summed E-state index contributed by atoms with van der Waals surface area (Å²) in [5.41, 5.74) is 3.09. The van der Waals surface area contributed by atoms with Crippen molar-refractivity contribution < 1.29 is 14.3 Å². The van der Waals surface area contributed by atoms with Gasteiger partial charge in [-0.1, -0.05) is 17.8 Å². The van der Waals surface area contributed by atoms with Gasteiger partial charge in [-0.3, -0.25) is 14.2 Å². The van der Waals surface area contributed by atoms with E-state index in [2.05, 4.69) is 20.8 Å². The molecule has 0 unspecified atom stereocenters. The second-order valence-electron chi connectivity index (χ2n) is 6.61. The number of rotatable bonds is 7. The second-order valence-corrected chi connectivity index (χ2v) is 7.55. The number of nitrogens with zero attached hydrogens (tertiary/aromatic N) is 3. The van der Waals surface area contributed by atoms with Crippen molar-refractivity contribution in [3.63, 3.8) is 0 Å². The van der Waals surface area contributed by atoms with Gasteiger partial charge < -0.3 is 15.4 Å². The molecule has 0 aliphatic carbocycles. The third-order valence-corrected chi connectivity index (χ3v) is 5.22. The highest BCUT2D eigenvalue weighted by Crippen LogP contribution is 2.24. The largest absolute Gasteiger partial charge is 0.497 e. The first-order chi connectivity index (χ1) is 14.4. The van der Waals surface area contributed by atoms with Crippen LogP contribution >= 0.6 is 11.8 Å². The summed E-state index contributed by atoms with van der Waals surface area (Å²) in [6.45, 7) is 5.19. The number of carbonyl (C=O) groups excluding carboxylic acids is 2. The Balaban J connectivity index is 1.68. The minimum absolute atomic E-state index is 0.162. The molecular weight excluding hydrogens is 402 g/mol. The van der Waals surface area contributed by atoms with E-state index in [1.54, 1.807) is 19.2 Å². The topological polar surface area (TPSA) is 98.1 Å². The van der Waals surface area contributed by atoms with Gasteiger partial charge in [0, 0.05) is 24.0 Å². The van der Waals surface area contributed by atoms with Crippen LogP contribution in [0.5, 0.6) is 5.75 Å². The van der Waals surface area contributed by atoms with Gasteiger partial charge in [-0.05, 0) is 55.8 Å². The fourth-order valence-electron chi connectivity index (χ4n) is 2.82. The number of aromatic nitrogens is 3. The lowest BCUT2D eigenvalue weighted by Crippen LogP contribution is -2.15. The molecule has 9 heteroatoms. The Morgan fingerprint density at radius 2 is 1.80 bits per heavy atom. The predicted octanol–water partition coefficient (Wildman–Crippen LogP) is 3.58. The average molecular weight is 426 g/mol. The van der Waals surface area contributed by atoms with Gasteiger partial charge in [-0.15, -0.1) is 10.2 Å². The van der Waals surface area contributed by atoms with Crippen LogP contribution in [0.2, 0.25) is 0 Å². The molecule has 3 aromatic rings. The number of amides is 2. The van der Waals surface area contributed by atoms with Gasteiger partial charge in [0.1, 0.15) is 11.6 Å². The van der Waals surface area contributed by atoms with E-state index in [1.807, 2.05) is 48.7 Å². The standard InChI is InChI=1S/C21H23N5O3S/c1-13-5-6-16(11-19(13)22-15(3)27)23-20(28)12-30-21-25-24-14(2)26(21)17-7-9-18(29-4)10-8-17/h5-11H,12H2,1-4H3,(H,22,27)(H,23,28). The van der Waals surface area contributed by atoms with Crippen LogP contribution in [0.15, 0.2) is 47.6 Å². The maximum Gasteiger partial charge on any atom is 0.234 e. The third-order valence-electron chi connectivity index (χ3n) is 4.29. The normalized spacial score (nSPS) is 10.5. The summed E-state index contributed by atoms with van der Waals surface area (Å²) in [4.78, 5) is 23.8. The molecule has 0 aliphatic rings. The van der Waals surface area contributed by atoms with Crippen LogP contribution < -0.4 is 15.4 Å². The van der Waals surface area contributed by atoms with Gasteiger partial charge in [0.05, 0.1) is 12.9 Å². The van der Waals surface area contributed by atoms with Crippen molar-refractivity contribution in [2.24, 2.45) is 0 Å². The highest BCUT2D eigenvalue weighted by atomic mass is 32.2. The van der Waals surface area contributed by atoms with Crippen molar-refractivity contribution in [3.05, 3.63) is 53.9 Å². The Labute approximate surface area is 179 Å². The molecule has 0 saturated heterocycles. The highest BCUT2D eigenvalue weighted by Gasteiger charge is 2.14. The monoisotopic (exact) mass is 425 g/mol. The number of aryl methyl sites for hydroxylation is 2. The predicted molar refractivity (Wildman–Crippen MR) is 117 cm³/mol. The molecular formula is C21H23N5O3S. The Bertz CT molecular complexity index is 1060. The fraction of sp³-hybridized carbons (Fsp3) is 0.238. The molecule has 0 saturated carbocycles. The van der Waals surface area contributed by atoms with E-state index in [9.17, 15) is 9.59 Å². The second kappa shape index (κ2) is 9.45. The van der Waals surface area contributed by atoms with Crippen LogP contribution in [-0.4, -0.2) is 39.4 Å². The van der Waals surface area contributed by atoms with Crippen LogP contribution in [0.3, 0.4) is 0 Å². The number of hydrogen-bond acceptors (Lipinski definition) is 6. The van der Waals surface area contributed by atoms with E-state index in [0.29, 0.717) is 16.5 Å². The zero-order valence-corrected chi connectivity index (χ0v) is 18.0. The number of thioether (sulfide) groups is 1. The van der Waals surface area contributed by atoms with E-state index in [4.69, 9.17) is 4.74 Å². The van der Waals surface area contributed by atoms with E-state index in [-0.39, 0.29) is 17.6 Å². The Hall–Kier alpha value is -3.33. The number of hydrogen-bond donors (Lipinski definition) is 2. The summed E-state index contributed by atoms with van der Waals surface area (Å²) in [6.07, 6.45) is 0. The van der Waals surface area contributed by atoms with Gasteiger partial charge in [0.15, 0.2) is 5.16 Å². The summed E-state index contributed by atoms with van der Waals surface area (Å²) in [7, 11) is 1.62. The molecule has 0 aliphatic heterocycles. The number of anilines is 2. The zero-order valence-electron chi connectivity index (χ0n) is 17.2. The fourth-order valence-corrected chi connectivity index (χ4v) is 3.61. The average Bonchev–Trinajstić information content (AvgIpc) is 3.09. The first-order valence-electron chi connectivity index (χ1n) is 9.24. The molecule has 2 amide bonds. The maximum absolute atomic E-state index is 12.4. The van der Waals surface area contributed by atoms with Crippen molar-refractivity contribution in [2.75, 3.05) is 23.5 Å². The zero-order chi connectivity index (χ0) is 21.7. The molecule has 0 fully saturated rings. The van der Waals surface area contributed by atoms with E-state index in [1.165, 1.54) is 18.7 Å². The summed E-state index contributed by atoms with van der Waals surface area (Å²) in [5, 5.41) is 14.5. The van der Waals surface area contributed by atoms with E-state index >= 15 is 0 Å². The van der Waals surface area contributed by atoms with Crippen LogP contribution in [0.25, 0.3) is 5.69 Å². The first kappa shape index (κ1) is 21.4. The molecule has 8 nitrogen and oxygen atoms in total. The minimum atomic E-state index is -0.181. The molecule has 0 bridgehead atoms. The van der Waals surface area contributed by atoms with Crippen molar-refractivity contribution in [3.8, 4) is 11.4 Å². The lowest BCUT2D eigenvalue weighted by Gasteiger charge is -2.11. The molecule has 3 rings (SSSR count). The van der Waals surface area contributed by atoms with Crippen LogP contribution in [0.4, 0.5) is 11.4 Å². The highest BCUT2D eigenvalue weighted by molar-refractivity contribution is 7.99. The maximum atomic E-state index is 12.4. The van der Waals surface area contributed by atoms with Gasteiger partial charge >= 0.3 is 0 Å². The quantitative estimate of drug-likeness (QED) is 0.562. The van der Waals surface area contributed by atoms with E-state index in [0.717, 1.165) is 22.8 Å². The summed E-state index contributed by atoms with van der Waals surface area (Å²) >= 11 is 1.29. The molecule has 2 N–H and O–H groups in total. The molecule has 30 heavy (non-hydrogen) atoms. The molecule has 156 valence electrons. The lowest BCUT2D eigenvalue weighted by atomic mass is 10.2. The van der Waals surface area contributed by atoms with E-state index < -0.39 is 0 Å². The van der Waals surface area contributed by atoms with Crippen molar-refractivity contribution in [1.29, 1.82) is 0 Å². The van der Waals surface area contributed by atoms with Gasteiger partial charge in [-0.25, -0.2) is 0 Å². The SMILES string of the molecule is COc1ccc(-n2c(C)nnc2SCC(=O)Nc2ccc(C)c(NC(C)=O)c2)cc1. The van der Waals surface area contributed by atoms with Crippen LogP contribution in [0, 0.1) is 13.8 Å².